The first-order valence-corrected chi connectivity index (χ1v) is 13.0. The average Bonchev–Trinajstić information content (AvgIpc) is 3.77. The number of anilines is 1. The number of hydrogen-bond donors (Lipinski definition) is 2. The van der Waals surface area contributed by atoms with Crippen LogP contribution in [0.25, 0.3) is 22.6 Å². The Bertz CT molecular complexity index is 1310. The summed E-state index contributed by atoms with van der Waals surface area (Å²) in [6.07, 6.45) is 6.59. The molecule has 4 aliphatic rings. The van der Waals surface area contributed by atoms with Gasteiger partial charge in [0, 0.05) is 29.8 Å². The highest BCUT2D eigenvalue weighted by atomic mass is 19.1. The topological polar surface area (TPSA) is 118 Å². The van der Waals surface area contributed by atoms with Crippen LogP contribution in [0.15, 0.2) is 30.5 Å². The standard InChI is InChI=1S/C26H28FN7O3/c27-24-18-3-1-2-15(29-18)11-20(24)34(16-5-6-16)23-13-28-25(32-31-23)17-7-4-14(10-21(17)35)19-12-22-26(33-30-19)37-9-8-36-22/h4,7,10,12-13,15-16,18,20,24,29,35H,1-3,5-6,8-9,11H2/t15-,18-,20+,24-/m0/s1. The van der Waals surface area contributed by atoms with Gasteiger partial charge in [0.05, 0.1) is 23.5 Å². The molecular formula is C26H28FN7O3. The van der Waals surface area contributed by atoms with Crippen molar-refractivity contribution in [3.63, 3.8) is 0 Å². The summed E-state index contributed by atoms with van der Waals surface area (Å²) in [5.41, 5.74) is 1.67. The molecule has 4 atom stereocenters. The molecule has 0 radical (unpaired) electrons. The highest BCUT2D eigenvalue weighted by Gasteiger charge is 2.46. The molecule has 5 heterocycles. The van der Waals surface area contributed by atoms with Crippen molar-refractivity contribution in [3.05, 3.63) is 30.5 Å². The van der Waals surface area contributed by atoms with E-state index in [1.165, 1.54) is 0 Å². The number of benzene rings is 1. The number of aromatic hydroxyl groups is 1. The molecule has 37 heavy (non-hydrogen) atoms. The Hall–Kier alpha value is -3.60. The third-order valence-electron chi connectivity index (χ3n) is 7.75. The second kappa shape index (κ2) is 9.05. The van der Waals surface area contributed by atoms with E-state index in [1.807, 2.05) is 6.07 Å². The molecule has 1 saturated carbocycles. The largest absolute Gasteiger partial charge is 0.507 e. The highest BCUT2D eigenvalue weighted by Crippen LogP contribution is 2.40. The van der Waals surface area contributed by atoms with Gasteiger partial charge in [0.2, 0.25) is 0 Å². The van der Waals surface area contributed by atoms with Gasteiger partial charge in [-0.25, -0.2) is 9.37 Å². The number of fused-ring (bicyclic) bond motifs is 3. The summed E-state index contributed by atoms with van der Waals surface area (Å²) >= 11 is 0. The maximum Gasteiger partial charge on any atom is 0.276 e. The number of halogens is 1. The Morgan fingerprint density at radius 2 is 1.89 bits per heavy atom. The smallest absolute Gasteiger partial charge is 0.276 e. The van der Waals surface area contributed by atoms with Crippen LogP contribution in [0.2, 0.25) is 0 Å². The maximum atomic E-state index is 15.5. The minimum Gasteiger partial charge on any atom is -0.507 e. The first kappa shape index (κ1) is 22.6. The Kier molecular flexibility index (Phi) is 5.53. The first-order chi connectivity index (χ1) is 18.1. The third kappa shape index (κ3) is 4.20. The number of phenols is 1. The van der Waals surface area contributed by atoms with E-state index in [9.17, 15) is 5.11 Å². The van der Waals surface area contributed by atoms with E-state index >= 15 is 4.39 Å². The number of nitrogens with zero attached hydrogens (tertiary/aromatic N) is 6. The quantitative estimate of drug-likeness (QED) is 0.536. The van der Waals surface area contributed by atoms with Crippen LogP contribution in [0.5, 0.6) is 17.4 Å². The second-order valence-corrected chi connectivity index (χ2v) is 10.3. The van der Waals surface area contributed by atoms with Gasteiger partial charge in [0.1, 0.15) is 25.1 Å². The van der Waals surface area contributed by atoms with Gasteiger partial charge in [-0.2, -0.15) is 0 Å². The summed E-state index contributed by atoms with van der Waals surface area (Å²) in [5.74, 6) is 1.79. The molecule has 2 saturated heterocycles. The SMILES string of the molecule is Oc1cc(-c2cc3c(nn2)OCCO3)ccc1-c1ncc(N(C2CC2)[C@@H]2C[C@@H]3CCC[C@H](N3)[C@@H]2F)nn1. The van der Waals surface area contributed by atoms with Crippen LogP contribution in [-0.2, 0) is 0 Å². The number of hydrogen-bond acceptors (Lipinski definition) is 10. The zero-order chi connectivity index (χ0) is 24.9. The van der Waals surface area contributed by atoms with Gasteiger partial charge < -0.3 is 24.8 Å². The van der Waals surface area contributed by atoms with E-state index in [1.54, 1.807) is 24.4 Å². The van der Waals surface area contributed by atoms with Crippen molar-refractivity contribution >= 4 is 5.82 Å². The highest BCUT2D eigenvalue weighted by molar-refractivity contribution is 5.72. The number of alkyl halides is 1. The van der Waals surface area contributed by atoms with Gasteiger partial charge in [0.25, 0.3) is 5.88 Å². The first-order valence-electron chi connectivity index (χ1n) is 13.0. The van der Waals surface area contributed by atoms with E-state index in [0.717, 1.165) is 38.5 Å². The van der Waals surface area contributed by atoms with Gasteiger partial charge >= 0.3 is 0 Å². The zero-order valence-electron chi connectivity index (χ0n) is 20.3. The molecule has 1 aliphatic carbocycles. The van der Waals surface area contributed by atoms with Crippen molar-refractivity contribution in [2.24, 2.45) is 0 Å². The lowest BCUT2D eigenvalue weighted by Crippen LogP contribution is -2.62. The Morgan fingerprint density at radius 3 is 2.70 bits per heavy atom. The van der Waals surface area contributed by atoms with Gasteiger partial charge in [-0.3, -0.25) is 0 Å². The lowest BCUT2D eigenvalue weighted by Gasteiger charge is -2.47. The van der Waals surface area contributed by atoms with Crippen LogP contribution in [-0.4, -0.2) is 74.0 Å². The molecule has 10 nitrogen and oxygen atoms in total. The number of ether oxygens (including phenoxy) is 2. The second-order valence-electron chi connectivity index (χ2n) is 10.3. The van der Waals surface area contributed by atoms with Gasteiger partial charge in [-0.1, -0.05) is 12.5 Å². The van der Waals surface area contributed by atoms with E-state index in [0.29, 0.717) is 59.3 Å². The van der Waals surface area contributed by atoms with E-state index in [2.05, 4.69) is 35.6 Å². The molecule has 7 rings (SSSR count). The lowest BCUT2D eigenvalue weighted by atomic mass is 9.82. The van der Waals surface area contributed by atoms with Gasteiger partial charge in [0.15, 0.2) is 17.4 Å². The Morgan fingerprint density at radius 1 is 1.00 bits per heavy atom. The van der Waals surface area contributed by atoms with Crippen molar-refractivity contribution in [3.8, 4) is 40.0 Å². The van der Waals surface area contributed by atoms with E-state index in [-0.39, 0.29) is 23.9 Å². The molecule has 3 fully saturated rings. The van der Waals surface area contributed by atoms with Crippen LogP contribution in [0, 0.1) is 0 Å². The fraction of sp³-hybridized carbons (Fsp3) is 0.500. The summed E-state index contributed by atoms with van der Waals surface area (Å²) in [4.78, 5) is 6.63. The van der Waals surface area contributed by atoms with Crippen molar-refractivity contribution in [2.45, 2.75) is 68.9 Å². The predicted molar refractivity (Wildman–Crippen MR) is 132 cm³/mol. The van der Waals surface area contributed by atoms with Gasteiger partial charge in [-0.05, 0) is 44.2 Å². The van der Waals surface area contributed by atoms with Crippen molar-refractivity contribution in [1.29, 1.82) is 0 Å². The van der Waals surface area contributed by atoms with Crippen molar-refractivity contribution in [1.82, 2.24) is 30.7 Å². The van der Waals surface area contributed by atoms with Crippen LogP contribution in [0.3, 0.4) is 0 Å². The Labute approximate surface area is 213 Å². The van der Waals surface area contributed by atoms with Crippen LogP contribution < -0.4 is 19.7 Å². The monoisotopic (exact) mass is 505 g/mol. The van der Waals surface area contributed by atoms with Gasteiger partial charge in [-0.15, -0.1) is 20.4 Å². The van der Waals surface area contributed by atoms with E-state index < -0.39 is 6.17 Å². The fourth-order valence-electron chi connectivity index (χ4n) is 5.82. The number of nitrogens with one attached hydrogen (secondary N) is 1. The minimum absolute atomic E-state index is 0.00205. The third-order valence-corrected chi connectivity index (χ3v) is 7.75. The number of aromatic nitrogens is 5. The molecule has 2 bridgehead atoms. The normalized spacial score (nSPS) is 26.5. The maximum absolute atomic E-state index is 15.5. The average molecular weight is 506 g/mol. The molecule has 0 spiro atoms. The minimum atomic E-state index is -0.945. The van der Waals surface area contributed by atoms with E-state index in [4.69, 9.17) is 9.47 Å². The molecule has 0 unspecified atom stereocenters. The molecule has 1 aromatic carbocycles. The summed E-state index contributed by atoms with van der Waals surface area (Å²) in [6.45, 7) is 0.890. The molecule has 11 heteroatoms. The molecule has 192 valence electrons. The lowest BCUT2D eigenvalue weighted by molar-refractivity contribution is 0.104. The summed E-state index contributed by atoms with van der Waals surface area (Å²) in [7, 11) is 0. The molecule has 2 N–H and O–H groups in total. The van der Waals surface area contributed by atoms with Crippen molar-refractivity contribution < 1.29 is 19.0 Å². The van der Waals surface area contributed by atoms with Crippen LogP contribution in [0.4, 0.5) is 10.2 Å². The fourth-order valence-corrected chi connectivity index (χ4v) is 5.82. The summed E-state index contributed by atoms with van der Waals surface area (Å²) in [5, 5.41) is 31.3. The number of phenolic OH excluding ortho intramolecular Hbond substituents is 1. The van der Waals surface area contributed by atoms with Crippen LogP contribution >= 0.6 is 0 Å². The Balaban J connectivity index is 1.13. The summed E-state index contributed by atoms with van der Waals surface area (Å²) in [6, 6.07) is 7.19. The molecular weight excluding hydrogens is 477 g/mol. The van der Waals surface area contributed by atoms with Crippen LogP contribution in [0.1, 0.15) is 38.5 Å². The molecule has 3 aliphatic heterocycles. The summed E-state index contributed by atoms with van der Waals surface area (Å²) < 4.78 is 26.5. The predicted octanol–water partition coefficient (Wildman–Crippen LogP) is 3.06. The molecule has 0 amide bonds. The zero-order valence-corrected chi connectivity index (χ0v) is 20.3. The molecule has 2 aromatic heterocycles. The number of rotatable bonds is 5. The number of piperidine rings is 2. The molecule has 3 aromatic rings. The van der Waals surface area contributed by atoms with Crippen molar-refractivity contribution in [2.75, 3.05) is 18.1 Å².